The average Bonchev–Trinajstić information content (AvgIpc) is 3.18. The number of piperidine rings is 1. The number of carbonyl (C=O) groups excluding carboxylic acids is 2. The Balaban J connectivity index is 1.20. The number of nitrogens with zero attached hydrogens (tertiary/aromatic N) is 3. The zero-order valence-corrected chi connectivity index (χ0v) is 20.5. The highest BCUT2D eigenvalue weighted by molar-refractivity contribution is 5.70. The van der Waals surface area contributed by atoms with E-state index in [2.05, 4.69) is 28.0 Å². The average molecular weight is 478 g/mol. The van der Waals surface area contributed by atoms with Crippen LogP contribution in [-0.4, -0.2) is 67.7 Å². The molecular formula is C28H35N3O4. The van der Waals surface area contributed by atoms with Gasteiger partial charge in [0.2, 0.25) is 0 Å². The summed E-state index contributed by atoms with van der Waals surface area (Å²) in [5.74, 6) is 0.411. The van der Waals surface area contributed by atoms with Crippen molar-refractivity contribution in [3.05, 3.63) is 65.2 Å². The third-order valence-electron chi connectivity index (χ3n) is 7.59. The second-order valence-electron chi connectivity index (χ2n) is 9.67. The summed E-state index contributed by atoms with van der Waals surface area (Å²) in [7, 11) is 0. The number of ether oxygens (including phenoxy) is 2. The molecule has 2 atom stereocenters. The van der Waals surface area contributed by atoms with Crippen molar-refractivity contribution in [2.24, 2.45) is 0 Å². The van der Waals surface area contributed by atoms with Crippen molar-refractivity contribution in [1.82, 2.24) is 9.80 Å². The molecule has 1 amide bonds. The first-order valence-corrected chi connectivity index (χ1v) is 12.9. The van der Waals surface area contributed by atoms with Gasteiger partial charge >= 0.3 is 12.1 Å². The Morgan fingerprint density at radius 3 is 2.51 bits per heavy atom. The van der Waals surface area contributed by atoms with E-state index in [4.69, 9.17) is 9.47 Å². The summed E-state index contributed by atoms with van der Waals surface area (Å²) in [5.41, 5.74) is 4.90. The lowest BCUT2D eigenvalue weighted by Crippen LogP contribution is -2.47. The van der Waals surface area contributed by atoms with E-state index in [1.807, 2.05) is 42.2 Å². The van der Waals surface area contributed by atoms with Gasteiger partial charge in [-0.15, -0.1) is 0 Å². The van der Waals surface area contributed by atoms with Crippen LogP contribution < -0.4 is 4.90 Å². The topological polar surface area (TPSA) is 62.3 Å². The number of amides is 1. The first-order chi connectivity index (χ1) is 17.1. The Kier molecular flexibility index (Phi) is 7.23. The molecule has 2 heterocycles. The SMILES string of the molecule is CCOC(=O)CCN1CCN(c2ccc3c(c2)[C@H]2C[C@@H]3CCN2C(=O)OCc2ccccc2)CC1. The molecule has 2 bridgehead atoms. The Labute approximate surface area is 207 Å². The number of likely N-dealkylation sites (tertiary alicyclic amines) is 1. The second-order valence-corrected chi connectivity index (χ2v) is 9.67. The van der Waals surface area contributed by atoms with Gasteiger partial charge in [-0.3, -0.25) is 9.69 Å². The van der Waals surface area contributed by atoms with Crippen molar-refractivity contribution >= 4 is 17.7 Å². The fraction of sp³-hybridized carbons (Fsp3) is 0.500. The lowest BCUT2D eigenvalue weighted by Gasteiger charge is -2.36. The molecule has 0 saturated carbocycles. The highest BCUT2D eigenvalue weighted by Gasteiger charge is 2.41. The maximum Gasteiger partial charge on any atom is 0.410 e. The number of anilines is 1. The van der Waals surface area contributed by atoms with E-state index in [0.29, 0.717) is 25.6 Å². The number of rotatable bonds is 7. The Morgan fingerprint density at radius 2 is 1.74 bits per heavy atom. The molecule has 1 aliphatic carbocycles. The van der Waals surface area contributed by atoms with E-state index in [-0.39, 0.29) is 18.1 Å². The predicted octanol–water partition coefficient (Wildman–Crippen LogP) is 4.33. The van der Waals surface area contributed by atoms with Gasteiger partial charge in [0.15, 0.2) is 0 Å². The Hall–Kier alpha value is -3.06. The van der Waals surface area contributed by atoms with Crippen LogP contribution in [0.4, 0.5) is 10.5 Å². The minimum Gasteiger partial charge on any atom is -0.466 e. The number of carbonyl (C=O) groups is 2. The number of esters is 1. The van der Waals surface area contributed by atoms with Gasteiger partial charge in [0.25, 0.3) is 0 Å². The zero-order chi connectivity index (χ0) is 24.2. The van der Waals surface area contributed by atoms with Gasteiger partial charge in [-0.1, -0.05) is 36.4 Å². The largest absolute Gasteiger partial charge is 0.466 e. The number of hydrogen-bond donors (Lipinski definition) is 0. The van der Waals surface area contributed by atoms with Gasteiger partial charge < -0.3 is 19.3 Å². The van der Waals surface area contributed by atoms with E-state index in [1.54, 1.807) is 0 Å². The second kappa shape index (κ2) is 10.7. The molecule has 2 aromatic carbocycles. The Morgan fingerprint density at radius 1 is 0.943 bits per heavy atom. The fourth-order valence-corrected chi connectivity index (χ4v) is 5.69. The summed E-state index contributed by atoms with van der Waals surface area (Å²) in [5, 5.41) is 0. The third kappa shape index (κ3) is 5.30. The van der Waals surface area contributed by atoms with Crippen molar-refractivity contribution in [3.8, 4) is 0 Å². The van der Waals surface area contributed by atoms with Crippen molar-refractivity contribution in [3.63, 3.8) is 0 Å². The molecule has 5 rings (SSSR count). The van der Waals surface area contributed by atoms with Crippen LogP contribution in [0.3, 0.4) is 0 Å². The summed E-state index contributed by atoms with van der Waals surface area (Å²) in [4.78, 5) is 31.3. The van der Waals surface area contributed by atoms with Gasteiger partial charge in [0.1, 0.15) is 6.61 Å². The molecule has 0 N–H and O–H groups in total. The zero-order valence-electron chi connectivity index (χ0n) is 20.5. The lowest BCUT2D eigenvalue weighted by molar-refractivity contribution is -0.143. The van der Waals surface area contributed by atoms with Crippen LogP contribution in [-0.2, 0) is 20.9 Å². The van der Waals surface area contributed by atoms with Gasteiger partial charge in [-0.25, -0.2) is 4.79 Å². The van der Waals surface area contributed by atoms with Crippen molar-refractivity contribution in [2.45, 2.75) is 44.8 Å². The van der Waals surface area contributed by atoms with Gasteiger partial charge in [-0.05, 0) is 54.5 Å². The molecule has 35 heavy (non-hydrogen) atoms. The third-order valence-corrected chi connectivity index (χ3v) is 7.59. The van der Waals surface area contributed by atoms with Crippen LogP contribution in [0.2, 0.25) is 0 Å². The normalized spacial score (nSPS) is 21.5. The molecule has 7 heteroatoms. The summed E-state index contributed by atoms with van der Waals surface area (Å²) in [6.45, 7) is 7.80. The molecule has 2 saturated heterocycles. The molecular weight excluding hydrogens is 442 g/mol. The molecule has 2 aromatic rings. The number of piperazine rings is 1. The maximum absolute atomic E-state index is 13.0. The van der Waals surface area contributed by atoms with E-state index >= 15 is 0 Å². The molecule has 0 unspecified atom stereocenters. The number of hydrogen-bond acceptors (Lipinski definition) is 6. The fourth-order valence-electron chi connectivity index (χ4n) is 5.69. The number of benzene rings is 2. The standard InChI is InChI=1S/C28H35N3O4/c1-2-34-27(32)11-12-29-14-16-30(17-15-29)23-8-9-24-22-10-13-31(26(18-22)25(24)19-23)28(33)35-20-21-6-4-3-5-7-21/h3-9,19,22,26H,2,10-18,20H2,1H3/t22-,26+/m0/s1. The van der Waals surface area contributed by atoms with E-state index < -0.39 is 0 Å². The number of fused-ring (bicyclic) bond motifs is 5. The highest BCUT2D eigenvalue weighted by Crippen LogP contribution is 2.50. The summed E-state index contributed by atoms with van der Waals surface area (Å²) < 4.78 is 10.7. The monoisotopic (exact) mass is 477 g/mol. The van der Waals surface area contributed by atoms with Crippen LogP contribution in [0.5, 0.6) is 0 Å². The summed E-state index contributed by atoms with van der Waals surface area (Å²) in [6.07, 6.45) is 2.21. The maximum atomic E-state index is 13.0. The first-order valence-electron chi connectivity index (χ1n) is 12.9. The van der Waals surface area contributed by atoms with Crippen molar-refractivity contribution < 1.29 is 19.1 Å². The van der Waals surface area contributed by atoms with Gasteiger partial charge in [-0.2, -0.15) is 0 Å². The molecule has 0 aromatic heterocycles. The van der Waals surface area contributed by atoms with E-state index in [1.165, 1.54) is 16.8 Å². The molecule has 0 spiro atoms. The highest BCUT2D eigenvalue weighted by atomic mass is 16.6. The molecule has 3 aliphatic rings. The van der Waals surface area contributed by atoms with Crippen LogP contribution in [0, 0.1) is 0 Å². The minimum absolute atomic E-state index is 0.0952. The summed E-state index contributed by atoms with van der Waals surface area (Å²) >= 11 is 0. The predicted molar refractivity (Wildman–Crippen MR) is 134 cm³/mol. The van der Waals surface area contributed by atoms with E-state index in [0.717, 1.165) is 57.7 Å². The van der Waals surface area contributed by atoms with Gasteiger partial charge in [0, 0.05) is 45.0 Å². The molecule has 7 nitrogen and oxygen atoms in total. The molecule has 2 fully saturated rings. The Bertz CT molecular complexity index is 1040. The summed E-state index contributed by atoms with van der Waals surface area (Å²) in [6, 6.07) is 16.8. The van der Waals surface area contributed by atoms with Crippen LogP contribution in [0.25, 0.3) is 0 Å². The van der Waals surface area contributed by atoms with Crippen molar-refractivity contribution in [2.75, 3.05) is 50.8 Å². The van der Waals surface area contributed by atoms with E-state index in [9.17, 15) is 9.59 Å². The molecule has 0 radical (unpaired) electrons. The smallest absolute Gasteiger partial charge is 0.410 e. The van der Waals surface area contributed by atoms with Crippen LogP contribution in [0.1, 0.15) is 54.8 Å². The molecule has 2 aliphatic heterocycles. The quantitative estimate of drug-likeness (QED) is 0.553. The van der Waals surface area contributed by atoms with Crippen LogP contribution >= 0.6 is 0 Å². The first kappa shape index (κ1) is 23.7. The molecule has 186 valence electrons. The van der Waals surface area contributed by atoms with Crippen LogP contribution in [0.15, 0.2) is 48.5 Å². The van der Waals surface area contributed by atoms with Gasteiger partial charge in [0.05, 0.1) is 19.1 Å². The van der Waals surface area contributed by atoms with Crippen molar-refractivity contribution in [1.29, 1.82) is 0 Å². The minimum atomic E-state index is -0.217. The lowest BCUT2D eigenvalue weighted by atomic mass is 9.96.